The lowest BCUT2D eigenvalue weighted by molar-refractivity contribution is 0.476. The molecule has 2 heterocycles. The van der Waals surface area contributed by atoms with Crippen molar-refractivity contribution in [2.45, 2.75) is 12.1 Å². The van der Waals surface area contributed by atoms with Gasteiger partial charge in [-0.3, -0.25) is 0 Å². The highest BCUT2D eigenvalue weighted by molar-refractivity contribution is 7.99. The van der Waals surface area contributed by atoms with Crippen LogP contribution in [0, 0.1) is 0 Å². The molecule has 0 saturated heterocycles. The average molecular weight is 445 g/mol. The summed E-state index contributed by atoms with van der Waals surface area (Å²) < 4.78 is 1.19. The number of aromatic nitrogens is 4. The molecule has 0 spiro atoms. The Balaban J connectivity index is 2.08. The molecule has 29 heavy (non-hydrogen) atoms. The Kier molecular flexibility index (Phi) is 5.45. The molecule has 4 rings (SSSR count). The molecular weight excluding hydrogens is 431 g/mol. The van der Waals surface area contributed by atoms with Gasteiger partial charge in [0, 0.05) is 10.8 Å². The van der Waals surface area contributed by atoms with Crippen molar-refractivity contribution >= 4 is 46.7 Å². The van der Waals surface area contributed by atoms with Gasteiger partial charge in [-0.25, -0.2) is 9.78 Å². The number of hydrogen-bond acceptors (Lipinski definition) is 6. The van der Waals surface area contributed by atoms with Crippen molar-refractivity contribution in [3.8, 4) is 17.0 Å². The molecule has 0 aliphatic heterocycles. The minimum atomic E-state index is -0.496. The summed E-state index contributed by atoms with van der Waals surface area (Å²) in [4.78, 5) is 21.1. The van der Waals surface area contributed by atoms with E-state index in [1.807, 2.05) is 37.3 Å². The number of hydrogen-bond donors (Lipinski definition) is 1. The number of halogens is 2. The van der Waals surface area contributed by atoms with Crippen LogP contribution < -0.4 is 10.9 Å². The van der Waals surface area contributed by atoms with E-state index in [9.17, 15) is 9.90 Å². The number of nitrogens with zero attached hydrogens (tertiary/aromatic N) is 4. The van der Waals surface area contributed by atoms with E-state index in [1.165, 1.54) is 16.3 Å². The minimum Gasteiger partial charge on any atom is -0.505 e. The van der Waals surface area contributed by atoms with Crippen LogP contribution in [0.1, 0.15) is 12.5 Å². The second kappa shape index (κ2) is 8.02. The fourth-order valence-electron chi connectivity index (χ4n) is 2.88. The van der Waals surface area contributed by atoms with Crippen LogP contribution in [0.15, 0.2) is 52.4 Å². The molecule has 146 valence electrons. The zero-order valence-electron chi connectivity index (χ0n) is 15.1. The van der Waals surface area contributed by atoms with Crippen LogP contribution in [0.3, 0.4) is 0 Å². The highest BCUT2D eigenvalue weighted by atomic mass is 35.5. The quantitative estimate of drug-likeness (QED) is 0.481. The van der Waals surface area contributed by atoms with Crippen molar-refractivity contribution in [2.24, 2.45) is 0 Å². The summed E-state index contributed by atoms with van der Waals surface area (Å²) in [6.45, 7) is 1.96. The maximum absolute atomic E-state index is 12.5. The molecular formula is C20H14Cl2N4O2S. The van der Waals surface area contributed by atoms with Gasteiger partial charge in [-0.2, -0.15) is 14.6 Å². The number of rotatable bonds is 4. The van der Waals surface area contributed by atoms with Gasteiger partial charge in [0.2, 0.25) is 0 Å². The molecule has 1 N–H and O–H groups in total. The number of fused-ring (bicyclic) bond motifs is 1. The molecule has 2 aromatic carbocycles. The van der Waals surface area contributed by atoms with Crippen LogP contribution in [0.4, 0.5) is 0 Å². The highest BCUT2D eigenvalue weighted by Gasteiger charge is 2.15. The first-order valence-corrected chi connectivity index (χ1v) is 10.4. The van der Waals surface area contributed by atoms with Crippen LogP contribution in [-0.4, -0.2) is 30.4 Å². The molecule has 9 heteroatoms. The van der Waals surface area contributed by atoms with Gasteiger partial charge in [0.05, 0.1) is 10.0 Å². The Bertz CT molecular complexity index is 1300. The van der Waals surface area contributed by atoms with Crippen molar-refractivity contribution in [2.75, 3.05) is 5.75 Å². The molecule has 4 aromatic rings. The summed E-state index contributed by atoms with van der Waals surface area (Å²) in [5, 5.41) is 15.6. The molecule has 0 radical (unpaired) electrons. The summed E-state index contributed by atoms with van der Waals surface area (Å²) in [6.07, 6.45) is 1.79. The number of benzene rings is 2. The second-order valence-electron chi connectivity index (χ2n) is 6.06. The molecule has 0 unspecified atom stereocenters. The van der Waals surface area contributed by atoms with E-state index in [2.05, 4.69) is 15.1 Å². The van der Waals surface area contributed by atoms with Gasteiger partial charge in [0.1, 0.15) is 5.69 Å². The maximum Gasteiger partial charge on any atom is 0.372 e. The van der Waals surface area contributed by atoms with E-state index in [-0.39, 0.29) is 15.8 Å². The third kappa shape index (κ3) is 3.81. The molecule has 0 aliphatic rings. The SMILES string of the molecule is CCSc1nc(=O)n2nc(-c3ccccc3)c(=Cc3cc(Cl)c(O)c(Cl)c3)c2n1. The zero-order chi connectivity index (χ0) is 20.5. The smallest absolute Gasteiger partial charge is 0.372 e. The van der Waals surface area contributed by atoms with Crippen LogP contribution in [0.2, 0.25) is 10.0 Å². The Morgan fingerprint density at radius 1 is 1.14 bits per heavy atom. The Morgan fingerprint density at radius 2 is 1.83 bits per heavy atom. The van der Waals surface area contributed by atoms with E-state index in [4.69, 9.17) is 23.2 Å². The van der Waals surface area contributed by atoms with Crippen molar-refractivity contribution in [3.63, 3.8) is 0 Å². The van der Waals surface area contributed by atoms with E-state index >= 15 is 0 Å². The van der Waals surface area contributed by atoms with Gasteiger partial charge >= 0.3 is 5.69 Å². The number of phenolic OH excluding ortho intramolecular Hbond substituents is 1. The van der Waals surface area contributed by atoms with E-state index in [0.29, 0.717) is 27.3 Å². The van der Waals surface area contributed by atoms with Gasteiger partial charge in [-0.05, 0) is 29.5 Å². The van der Waals surface area contributed by atoms with Gasteiger partial charge < -0.3 is 5.11 Å². The van der Waals surface area contributed by atoms with E-state index < -0.39 is 5.69 Å². The molecule has 0 atom stereocenters. The van der Waals surface area contributed by atoms with Crippen molar-refractivity contribution in [1.82, 2.24) is 19.6 Å². The molecule has 0 amide bonds. The Labute approximate surface area is 179 Å². The van der Waals surface area contributed by atoms with Gasteiger partial charge in [-0.15, -0.1) is 0 Å². The van der Waals surface area contributed by atoms with E-state index in [0.717, 1.165) is 11.3 Å². The predicted molar refractivity (Wildman–Crippen MR) is 116 cm³/mol. The van der Waals surface area contributed by atoms with E-state index in [1.54, 1.807) is 18.2 Å². The summed E-state index contributed by atoms with van der Waals surface area (Å²) in [7, 11) is 0. The standard InChI is InChI=1S/C20H14Cl2N4O2S/c1-2-29-19-23-18-13(8-11-9-14(21)17(27)15(22)10-11)16(12-6-4-3-5-7-12)25-26(18)20(28)24-19/h3-10,27H,2H2,1H3. The number of thioether (sulfide) groups is 1. The molecule has 0 saturated carbocycles. The van der Waals surface area contributed by atoms with Crippen LogP contribution >= 0.6 is 35.0 Å². The molecule has 0 bridgehead atoms. The first kappa shape index (κ1) is 19.7. The predicted octanol–water partition coefficient (Wildman–Crippen LogP) is 3.82. The van der Waals surface area contributed by atoms with Crippen molar-refractivity contribution in [3.05, 3.63) is 73.8 Å². The third-order valence-electron chi connectivity index (χ3n) is 4.14. The number of aromatic hydroxyl groups is 1. The van der Waals surface area contributed by atoms with Gasteiger partial charge in [-0.1, -0.05) is 72.2 Å². The van der Waals surface area contributed by atoms with Crippen molar-refractivity contribution in [1.29, 1.82) is 0 Å². The second-order valence-corrected chi connectivity index (χ2v) is 8.11. The fraction of sp³-hybridized carbons (Fsp3) is 0.100. The third-order valence-corrected chi connectivity index (χ3v) is 5.45. The van der Waals surface area contributed by atoms with Crippen LogP contribution in [-0.2, 0) is 0 Å². The highest BCUT2D eigenvalue weighted by Crippen LogP contribution is 2.33. The largest absolute Gasteiger partial charge is 0.505 e. The zero-order valence-corrected chi connectivity index (χ0v) is 17.5. The summed E-state index contributed by atoms with van der Waals surface area (Å²) >= 11 is 13.5. The first-order valence-electron chi connectivity index (χ1n) is 8.66. The fourth-order valence-corrected chi connectivity index (χ4v) is 3.93. The van der Waals surface area contributed by atoms with Crippen LogP contribution in [0.25, 0.3) is 23.0 Å². The topological polar surface area (TPSA) is 80.4 Å². The lowest BCUT2D eigenvalue weighted by atomic mass is 10.1. The van der Waals surface area contributed by atoms with Gasteiger partial charge in [0.15, 0.2) is 16.6 Å². The molecule has 2 aromatic heterocycles. The maximum atomic E-state index is 12.5. The Hall–Kier alpha value is -2.61. The Morgan fingerprint density at radius 3 is 2.48 bits per heavy atom. The molecule has 6 nitrogen and oxygen atoms in total. The first-order chi connectivity index (χ1) is 14.0. The lowest BCUT2D eigenvalue weighted by Gasteiger charge is -2.02. The normalized spacial score (nSPS) is 12.0. The summed E-state index contributed by atoms with van der Waals surface area (Å²) in [6, 6.07) is 12.6. The van der Waals surface area contributed by atoms with Gasteiger partial charge in [0.25, 0.3) is 0 Å². The monoisotopic (exact) mass is 444 g/mol. The minimum absolute atomic E-state index is 0.128. The molecule has 0 fully saturated rings. The summed E-state index contributed by atoms with van der Waals surface area (Å²) in [5.41, 5.74) is 1.94. The van der Waals surface area contributed by atoms with Crippen molar-refractivity contribution < 1.29 is 5.11 Å². The summed E-state index contributed by atoms with van der Waals surface area (Å²) in [5.74, 6) is 0.553. The average Bonchev–Trinajstić information content (AvgIpc) is 3.06. The molecule has 0 aliphatic carbocycles. The number of phenols is 1. The lowest BCUT2D eigenvalue weighted by Crippen LogP contribution is -2.20. The van der Waals surface area contributed by atoms with Crippen LogP contribution in [0.5, 0.6) is 5.75 Å².